The van der Waals surface area contributed by atoms with Crippen LogP contribution in [0.1, 0.15) is 64.0 Å². The van der Waals surface area contributed by atoms with Crippen LogP contribution < -0.4 is 0 Å². The number of likely N-dealkylation sites (tertiary alicyclic amines) is 1. The number of aliphatic hydroxyl groups is 1. The van der Waals surface area contributed by atoms with E-state index in [4.69, 9.17) is 4.42 Å². The number of ketones is 1. The van der Waals surface area contributed by atoms with Gasteiger partial charge in [-0.25, -0.2) is 0 Å². The highest BCUT2D eigenvalue weighted by Crippen LogP contribution is 2.42. The minimum atomic E-state index is -0.457. The third-order valence-electron chi connectivity index (χ3n) is 6.72. The summed E-state index contributed by atoms with van der Waals surface area (Å²) >= 11 is 0. The number of aryl methyl sites for hydroxylation is 2. The fraction of sp³-hybridized carbons (Fsp3) is 0.571. The van der Waals surface area contributed by atoms with Crippen molar-refractivity contribution < 1.29 is 19.1 Å². The van der Waals surface area contributed by atoms with E-state index in [0.717, 1.165) is 19.3 Å². The Balaban J connectivity index is 1.38. The van der Waals surface area contributed by atoms with Crippen molar-refractivity contribution in [2.75, 3.05) is 13.1 Å². The van der Waals surface area contributed by atoms with Gasteiger partial charge in [0.1, 0.15) is 11.5 Å². The van der Waals surface area contributed by atoms with Crippen LogP contribution in [0.2, 0.25) is 0 Å². The number of rotatable bonds is 2. The zero-order chi connectivity index (χ0) is 19.4. The van der Waals surface area contributed by atoms with Crippen LogP contribution in [0, 0.1) is 18.8 Å². The summed E-state index contributed by atoms with van der Waals surface area (Å²) in [5.41, 5.74) is 0.973. The Kier molecular flexibility index (Phi) is 4.16. The molecule has 1 aliphatic heterocycles. The Labute approximate surface area is 163 Å². The number of nitrogens with zero attached hydrogens (tertiary/aromatic N) is 3. The van der Waals surface area contributed by atoms with E-state index in [1.54, 1.807) is 13.1 Å². The van der Waals surface area contributed by atoms with Crippen LogP contribution >= 0.6 is 0 Å². The molecule has 3 aliphatic rings. The molecule has 1 saturated carbocycles. The number of amides is 1. The second-order valence-corrected chi connectivity index (χ2v) is 8.43. The molecule has 0 radical (unpaired) electrons. The molecule has 0 spiro atoms. The van der Waals surface area contributed by atoms with Gasteiger partial charge in [-0.15, -0.1) is 0 Å². The number of aliphatic hydroxyl groups excluding tert-OH is 1. The van der Waals surface area contributed by atoms with E-state index in [-0.39, 0.29) is 23.7 Å². The number of hydrogen-bond acceptors (Lipinski definition) is 5. The molecule has 1 saturated heterocycles. The largest absolute Gasteiger partial charge is 0.465 e. The first-order chi connectivity index (χ1) is 13.5. The van der Waals surface area contributed by atoms with E-state index < -0.39 is 6.10 Å². The Bertz CT molecular complexity index is 916. The van der Waals surface area contributed by atoms with Gasteiger partial charge in [-0.1, -0.05) is 0 Å². The molecule has 0 bridgehead atoms. The maximum atomic E-state index is 13.3. The Hall–Kier alpha value is -2.41. The monoisotopic (exact) mass is 383 g/mol. The number of aromatic nitrogens is 2. The number of Topliss-reactive ketones (excluding diaryl/α,β-unsaturated/α-hetero) is 1. The number of fused-ring (bicyclic) bond motifs is 2. The van der Waals surface area contributed by atoms with Gasteiger partial charge in [-0.2, -0.15) is 5.10 Å². The molecule has 1 amide bonds. The van der Waals surface area contributed by atoms with Crippen molar-refractivity contribution in [1.82, 2.24) is 14.7 Å². The molecule has 7 nitrogen and oxygen atoms in total. The van der Waals surface area contributed by atoms with Gasteiger partial charge in [0, 0.05) is 38.3 Å². The molecule has 0 aromatic carbocycles. The van der Waals surface area contributed by atoms with Crippen LogP contribution in [0.15, 0.2) is 22.9 Å². The van der Waals surface area contributed by atoms with E-state index in [1.165, 1.54) is 0 Å². The van der Waals surface area contributed by atoms with Gasteiger partial charge in [-0.3, -0.25) is 14.3 Å². The van der Waals surface area contributed by atoms with Gasteiger partial charge in [-0.05, 0) is 44.1 Å². The summed E-state index contributed by atoms with van der Waals surface area (Å²) < 4.78 is 7.60. The van der Waals surface area contributed by atoms with E-state index in [0.29, 0.717) is 54.5 Å². The lowest BCUT2D eigenvalue weighted by molar-refractivity contribution is 0.0306. The minimum Gasteiger partial charge on any atom is -0.465 e. The first-order valence-corrected chi connectivity index (χ1v) is 10.1. The Morgan fingerprint density at radius 3 is 2.79 bits per heavy atom. The minimum absolute atomic E-state index is 0.0206. The van der Waals surface area contributed by atoms with Crippen molar-refractivity contribution in [2.45, 2.75) is 51.2 Å². The number of carbonyl (C=O) groups is 2. The van der Waals surface area contributed by atoms with Crippen LogP contribution in [0.25, 0.3) is 0 Å². The zero-order valence-corrected chi connectivity index (χ0v) is 16.0. The number of furan rings is 1. The van der Waals surface area contributed by atoms with E-state index in [9.17, 15) is 14.7 Å². The molecule has 2 aromatic heterocycles. The summed E-state index contributed by atoms with van der Waals surface area (Å²) in [6.07, 6.45) is 6.62. The van der Waals surface area contributed by atoms with Crippen LogP contribution in [0.5, 0.6) is 0 Å². The van der Waals surface area contributed by atoms with Crippen LogP contribution in [0.4, 0.5) is 0 Å². The molecule has 2 fully saturated rings. The first-order valence-electron chi connectivity index (χ1n) is 10.1. The van der Waals surface area contributed by atoms with Crippen molar-refractivity contribution in [2.24, 2.45) is 11.8 Å². The normalized spacial score (nSPS) is 29.6. The standard InChI is InChI=1S/C21H25N3O4/c1-12-19(20-16(25)4-2-5-18(20)28-12)21(27)23-10-13-8-15(24-7-3-6-22-24)17(26)9-14(13)11-23/h3,6-7,13-15,17,26H,2,4-5,8-11H2,1H3/t13-,14+,15-,17-/m1/s1. The first kappa shape index (κ1) is 17.7. The molecule has 2 aliphatic carbocycles. The SMILES string of the molecule is Cc1oc2c(c1C(=O)N1C[C@H]3C[C@@H](n4cccn4)[C@H](O)C[C@H]3C1)C(=O)CCC2. The maximum absolute atomic E-state index is 13.3. The summed E-state index contributed by atoms with van der Waals surface area (Å²) in [4.78, 5) is 27.6. The average molecular weight is 383 g/mol. The second kappa shape index (κ2) is 6.58. The van der Waals surface area contributed by atoms with Crippen molar-refractivity contribution >= 4 is 11.7 Å². The predicted molar refractivity (Wildman–Crippen MR) is 100 cm³/mol. The van der Waals surface area contributed by atoms with Crippen LogP contribution in [-0.4, -0.2) is 50.7 Å². The highest BCUT2D eigenvalue weighted by atomic mass is 16.3. The molecule has 4 atom stereocenters. The van der Waals surface area contributed by atoms with E-state index in [1.807, 2.05) is 21.8 Å². The third kappa shape index (κ3) is 2.71. The molecule has 5 rings (SSSR count). The summed E-state index contributed by atoms with van der Waals surface area (Å²) in [5, 5.41) is 14.9. The summed E-state index contributed by atoms with van der Waals surface area (Å²) in [6.45, 7) is 3.06. The zero-order valence-electron chi connectivity index (χ0n) is 16.0. The van der Waals surface area contributed by atoms with Crippen LogP contribution in [-0.2, 0) is 6.42 Å². The Morgan fingerprint density at radius 2 is 2.04 bits per heavy atom. The van der Waals surface area contributed by atoms with Gasteiger partial charge in [0.05, 0.1) is 23.3 Å². The van der Waals surface area contributed by atoms with Gasteiger partial charge >= 0.3 is 0 Å². The lowest BCUT2D eigenvalue weighted by atomic mass is 9.77. The van der Waals surface area contributed by atoms with Crippen molar-refractivity contribution in [1.29, 1.82) is 0 Å². The smallest absolute Gasteiger partial charge is 0.258 e. The quantitative estimate of drug-likeness (QED) is 0.860. The number of carbonyl (C=O) groups excluding carboxylic acids is 2. The van der Waals surface area contributed by atoms with Gasteiger partial charge in [0.15, 0.2) is 5.78 Å². The second-order valence-electron chi connectivity index (χ2n) is 8.43. The molecular formula is C21H25N3O4. The number of hydrogen-bond donors (Lipinski definition) is 1. The molecule has 7 heteroatoms. The highest BCUT2D eigenvalue weighted by molar-refractivity contribution is 6.10. The van der Waals surface area contributed by atoms with Crippen molar-refractivity contribution in [3.63, 3.8) is 0 Å². The molecular weight excluding hydrogens is 358 g/mol. The molecule has 3 heterocycles. The van der Waals surface area contributed by atoms with Crippen molar-refractivity contribution in [3.05, 3.63) is 41.1 Å². The van der Waals surface area contributed by atoms with Crippen molar-refractivity contribution in [3.8, 4) is 0 Å². The summed E-state index contributed by atoms with van der Waals surface area (Å²) in [6, 6.07) is 1.82. The highest BCUT2D eigenvalue weighted by Gasteiger charge is 2.45. The van der Waals surface area contributed by atoms with Gasteiger partial charge < -0.3 is 14.4 Å². The molecule has 1 N–H and O–H groups in total. The fourth-order valence-corrected chi connectivity index (χ4v) is 5.36. The van der Waals surface area contributed by atoms with E-state index >= 15 is 0 Å². The van der Waals surface area contributed by atoms with Gasteiger partial charge in [0.2, 0.25) is 0 Å². The molecule has 2 aromatic rings. The average Bonchev–Trinajstić information content (AvgIpc) is 3.38. The van der Waals surface area contributed by atoms with Crippen LogP contribution in [0.3, 0.4) is 0 Å². The Morgan fingerprint density at radius 1 is 1.25 bits per heavy atom. The maximum Gasteiger partial charge on any atom is 0.258 e. The summed E-state index contributed by atoms with van der Waals surface area (Å²) in [7, 11) is 0. The topological polar surface area (TPSA) is 88.6 Å². The molecule has 148 valence electrons. The fourth-order valence-electron chi connectivity index (χ4n) is 5.36. The lowest BCUT2D eigenvalue weighted by Gasteiger charge is -2.35. The predicted octanol–water partition coefficient (Wildman–Crippen LogP) is 2.39. The lowest BCUT2D eigenvalue weighted by Crippen LogP contribution is -2.36. The molecule has 28 heavy (non-hydrogen) atoms. The van der Waals surface area contributed by atoms with E-state index in [2.05, 4.69) is 5.10 Å². The molecule has 0 unspecified atom stereocenters. The van der Waals surface area contributed by atoms with Gasteiger partial charge in [0.25, 0.3) is 5.91 Å². The third-order valence-corrected chi connectivity index (χ3v) is 6.72. The summed E-state index contributed by atoms with van der Waals surface area (Å²) in [5.74, 6) is 1.76.